The molecular formula is C42H36ClF5N8O3S. The molecule has 0 radical (unpaired) electrons. The molecule has 11 nitrogen and oxygen atoms in total. The summed E-state index contributed by atoms with van der Waals surface area (Å²) in [7, 11) is 0. The van der Waals surface area contributed by atoms with Crippen LogP contribution in [0.4, 0.5) is 27.6 Å². The van der Waals surface area contributed by atoms with Crippen LogP contribution in [0.25, 0.3) is 27.7 Å². The van der Waals surface area contributed by atoms with Gasteiger partial charge in [-0.15, -0.1) is 0 Å². The highest BCUT2D eigenvalue weighted by molar-refractivity contribution is 7.91. The first kappa shape index (κ1) is 41.0. The van der Waals surface area contributed by atoms with Crippen molar-refractivity contribution in [2.24, 2.45) is 0 Å². The number of nitrogens with one attached hydrogen (secondary N) is 4. The number of hydrogen-bond acceptors (Lipinski definition) is 7. The lowest BCUT2D eigenvalue weighted by molar-refractivity contribution is -0.122. The molecule has 2 fully saturated rings. The molecule has 60 heavy (non-hydrogen) atoms. The number of hydrogen-bond donors (Lipinski definition) is 4. The Morgan fingerprint density at radius 2 is 1.73 bits per heavy atom. The van der Waals surface area contributed by atoms with Gasteiger partial charge in [-0.1, -0.05) is 35.9 Å². The number of nitrogens with zero attached hydrogens (tertiary/aromatic N) is 4. The second kappa shape index (κ2) is 17.1. The number of amidine groups is 1. The van der Waals surface area contributed by atoms with Gasteiger partial charge in [0.2, 0.25) is 5.91 Å². The monoisotopic (exact) mass is 862 g/mol. The number of benzene rings is 4. The average Bonchev–Trinajstić information content (AvgIpc) is 4.15. The average molecular weight is 863 g/mol. The summed E-state index contributed by atoms with van der Waals surface area (Å²) in [5, 5.41) is 18.5. The minimum absolute atomic E-state index is 0.00999. The van der Waals surface area contributed by atoms with Crippen LogP contribution >= 0.6 is 11.6 Å². The number of carbonyl (C=O) groups excluding carboxylic acids is 1. The predicted octanol–water partition coefficient (Wildman–Crippen LogP) is 7.72. The van der Waals surface area contributed by atoms with E-state index in [2.05, 4.69) is 20.5 Å². The summed E-state index contributed by atoms with van der Waals surface area (Å²) in [4.78, 5) is 33.8. The van der Waals surface area contributed by atoms with Crippen LogP contribution in [0.1, 0.15) is 60.3 Å². The van der Waals surface area contributed by atoms with Gasteiger partial charge in [0.1, 0.15) is 35.1 Å². The highest BCUT2D eigenvalue weighted by atomic mass is 35.5. The predicted molar refractivity (Wildman–Crippen MR) is 219 cm³/mol. The number of anilines is 1. The minimum atomic E-state index is -2.92. The zero-order valence-electron chi connectivity index (χ0n) is 31.5. The number of rotatable bonds is 15. The first-order valence-electron chi connectivity index (χ1n) is 19.0. The molecule has 1 amide bonds. The number of aromatic nitrogens is 4. The Morgan fingerprint density at radius 3 is 2.43 bits per heavy atom. The molecule has 18 heteroatoms. The summed E-state index contributed by atoms with van der Waals surface area (Å²) in [6.07, 6.45) is 1.65. The zero-order valence-corrected chi connectivity index (χ0v) is 33.1. The number of alkyl halides is 2. The molecule has 2 unspecified atom stereocenters. The Balaban J connectivity index is 1.34. The van der Waals surface area contributed by atoms with E-state index in [9.17, 15) is 31.7 Å². The maximum absolute atomic E-state index is 15.0. The van der Waals surface area contributed by atoms with Gasteiger partial charge in [-0.3, -0.25) is 24.2 Å². The number of carbonyl (C=O) groups is 1. The van der Waals surface area contributed by atoms with Gasteiger partial charge in [-0.2, -0.15) is 9.82 Å². The van der Waals surface area contributed by atoms with E-state index in [1.807, 2.05) is 6.07 Å². The smallest absolute Gasteiger partial charge is 0.266 e. The summed E-state index contributed by atoms with van der Waals surface area (Å²) in [6, 6.07) is 16.3. The van der Waals surface area contributed by atoms with Crippen molar-refractivity contribution in [3.8, 4) is 16.8 Å². The molecule has 2 aliphatic carbocycles. The van der Waals surface area contributed by atoms with E-state index in [4.69, 9.17) is 22.0 Å². The van der Waals surface area contributed by atoms with E-state index in [0.717, 1.165) is 35.2 Å². The molecule has 0 bridgehead atoms. The van der Waals surface area contributed by atoms with Crippen LogP contribution in [0.3, 0.4) is 0 Å². The summed E-state index contributed by atoms with van der Waals surface area (Å²) in [5.41, 5.74) is 0.152. The largest absolute Gasteiger partial charge is 0.593 e. The third-order valence-corrected chi connectivity index (χ3v) is 11.9. The lowest BCUT2D eigenvalue weighted by atomic mass is 10.0. The maximum Gasteiger partial charge on any atom is 0.266 e. The topological polar surface area (TPSA) is 153 Å². The Morgan fingerprint density at radius 1 is 0.983 bits per heavy atom. The summed E-state index contributed by atoms with van der Waals surface area (Å²) < 4.78 is 90.3. The van der Waals surface area contributed by atoms with E-state index in [0.29, 0.717) is 30.4 Å². The minimum Gasteiger partial charge on any atom is -0.593 e. The molecule has 4 N–H and O–H groups in total. The zero-order chi connectivity index (χ0) is 42.2. The van der Waals surface area contributed by atoms with Crippen LogP contribution < -0.4 is 20.9 Å². The first-order valence-corrected chi connectivity index (χ1v) is 20.6. The van der Waals surface area contributed by atoms with Crippen molar-refractivity contribution in [3.63, 3.8) is 0 Å². The first-order chi connectivity index (χ1) is 28.8. The quantitative estimate of drug-likeness (QED) is 0.0357. The van der Waals surface area contributed by atoms with Crippen LogP contribution in [-0.4, -0.2) is 53.8 Å². The van der Waals surface area contributed by atoms with Gasteiger partial charge in [0.25, 0.3) is 12.0 Å². The Bertz CT molecular complexity index is 2670. The van der Waals surface area contributed by atoms with Crippen LogP contribution in [0.15, 0.2) is 89.9 Å². The molecule has 4 aromatic carbocycles. The van der Waals surface area contributed by atoms with Crippen molar-refractivity contribution in [3.05, 3.63) is 141 Å². The third-order valence-electron chi connectivity index (χ3n) is 10.1. The molecular weight excluding hydrogens is 827 g/mol. The molecule has 2 saturated carbocycles. The maximum atomic E-state index is 15.0. The molecule has 2 aromatic heterocycles. The van der Waals surface area contributed by atoms with E-state index >= 15 is 4.39 Å². The number of amides is 1. The lowest BCUT2D eigenvalue weighted by Crippen LogP contribution is -2.38. The Hall–Kier alpha value is -5.78. The van der Waals surface area contributed by atoms with Gasteiger partial charge in [-0.05, 0) is 72.5 Å². The van der Waals surface area contributed by atoms with Gasteiger partial charge in [-0.25, -0.2) is 26.9 Å². The molecule has 0 spiro atoms. The van der Waals surface area contributed by atoms with Crippen molar-refractivity contribution in [1.82, 2.24) is 29.4 Å². The molecule has 0 aliphatic heterocycles. The summed E-state index contributed by atoms with van der Waals surface area (Å²) >= 11 is 4.93. The summed E-state index contributed by atoms with van der Waals surface area (Å²) in [5.74, 6) is -3.38. The fourth-order valence-corrected chi connectivity index (χ4v) is 8.31. The van der Waals surface area contributed by atoms with Crippen molar-refractivity contribution in [1.29, 1.82) is 5.41 Å². The highest BCUT2D eigenvalue weighted by Gasteiger charge is 2.37. The second-order valence-electron chi connectivity index (χ2n) is 14.7. The van der Waals surface area contributed by atoms with Gasteiger partial charge in [0, 0.05) is 43.0 Å². The van der Waals surface area contributed by atoms with Crippen LogP contribution in [0, 0.1) is 22.9 Å². The van der Waals surface area contributed by atoms with Crippen LogP contribution in [0.5, 0.6) is 0 Å². The third kappa shape index (κ3) is 9.02. The lowest BCUT2D eigenvalue weighted by Gasteiger charge is -2.26. The van der Waals surface area contributed by atoms with Crippen molar-refractivity contribution < 1.29 is 31.3 Å². The fourth-order valence-electron chi connectivity index (χ4n) is 7.03. The Kier molecular flexibility index (Phi) is 11.7. The number of fused-ring (bicyclic) bond motifs is 1. The second-order valence-corrected chi connectivity index (χ2v) is 16.6. The SMILES string of the molecule is N=C(N[S+]([O-])C1CC1)c1c(Cl)ccc(-n2c(C(Cc3cc(F)cc(F)c3)NC(=O)Cn3ccc(C4CC4)n3)nc3cc(-c4ccccc4F)ccc3c2=O)c1NCC(F)F. The Labute approximate surface area is 347 Å². The fraction of sp³-hybridized carbons (Fsp3) is 0.262. The van der Waals surface area contributed by atoms with E-state index in [1.54, 1.807) is 18.3 Å². The van der Waals surface area contributed by atoms with Crippen LogP contribution in [-0.2, 0) is 29.1 Å². The standard InChI is InChI=1S/C42H36ClF5N8O3S/c43-30-11-12-35(39(50-20-36(47)48)38(30)40(49)54-60(59)27-8-9-27)56-41(52-33-18-24(7-10-29(33)42(56)58)28-3-1-2-4-31(28)46)34(17-22-15-25(44)19-26(45)16-22)51-37(57)21-55-14-13-32(53-55)23-5-6-23/h1-4,7,10-16,18-19,23,27,34,36,50H,5-6,8-9,17,20-21H2,(H2,49,54)(H,51,57). The van der Waals surface area contributed by atoms with Gasteiger partial charge >= 0.3 is 0 Å². The summed E-state index contributed by atoms with van der Waals surface area (Å²) in [6.45, 7) is -1.25. The molecule has 0 saturated heterocycles. The molecule has 8 rings (SSSR count). The van der Waals surface area contributed by atoms with Crippen molar-refractivity contribution >= 4 is 51.3 Å². The number of halogens is 6. The molecule has 2 atom stereocenters. The van der Waals surface area contributed by atoms with Crippen molar-refractivity contribution in [2.75, 3.05) is 11.9 Å². The molecule has 2 aliphatic rings. The molecule has 310 valence electrons. The van der Waals surface area contributed by atoms with Gasteiger partial charge in [0.15, 0.2) is 5.84 Å². The van der Waals surface area contributed by atoms with Gasteiger partial charge < -0.3 is 15.2 Å². The van der Waals surface area contributed by atoms with Crippen molar-refractivity contribution in [2.45, 2.75) is 62.3 Å². The van der Waals surface area contributed by atoms with E-state index < -0.39 is 65.1 Å². The molecule has 2 heterocycles. The molecule has 6 aromatic rings. The van der Waals surface area contributed by atoms with Gasteiger partial charge in [0.05, 0.1) is 62.5 Å². The van der Waals surface area contributed by atoms with E-state index in [1.165, 1.54) is 47.1 Å². The van der Waals surface area contributed by atoms with Crippen LogP contribution in [0.2, 0.25) is 5.02 Å². The highest BCUT2D eigenvalue weighted by Crippen LogP contribution is 2.39. The van der Waals surface area contributed by atoms with E-state index in [-0.39, 0.29) is 68.0 Å². The normalized spacial score (nSPS) is 14.9.